The Hall–Kier alpha value is -2.17. The Labute approximate surface area is 122 Å². The van der Waals surface area contributed by atoms with Crippen molar-refractivity contribution in [1.82, 2.24) is 5.32 Å². The molecule has 0 heterocycles. The summed E-state index contributed by atoms with van der Waals surface area (Å²) in [5.41, 5.74) is 0.543. The number of carbonyl (C=O) groups is 2. The molecule has 0 radical (unpaired) electrons. The van der Waals surface area contributed by atoms with Crippen LogP contribution < -0.4 is 5.32 Å². The number of aliphatic carboxylic acids is 1. The van der Waals surface area contributed by atoms with Gasteiger partial charge in [-0.15, -0.1) is 0 Å². The fraction of sp³-hybridized carbons (Fsp3) is 0.375. The molecule has 1 aromatic rings. The van der Waals surface area contributed by atoms with E-state index in [0.29, 0.717) is 6.54 Å². The third-order valence-electron chi connectivity index (χ3n) is 3.90. The molecule has 5 heteroatoms. The van der Waals surface area contributed by atoms with Crippen molar-refractivity contribution in [3.8, 4) is 0 Å². The molecule has 0 spiro atoms. The molecule has 0 saturated heterocycles. The average molecular weight is 291 g/mol. The maximum Gasteiger partial charge on any atom is 0.328 e. The lowest BCUT2D eigenvalue weighted by molar-refractivity contribution is -0.131. The Bertz CT molecular complexity index is 591. The van der Waals surface area contributed by atoms with Gasteiger partial charge in [-0.3, -0.25) is 4.79 Å². The first-order valence-electron chi connectivity index (χ1n) is 6.88. The molecule has 1 aliphatic carbocycles. The van der Waals surface area contributed by atoms with Crippen LogP contribution in [0.25, 0.3) is 6.08 Å². The van der Waals surface area contributed by atoms with Gasteiger partial charge >= 0.3 is 5.97 Å². The van der Waals surface area contributed by atoms with Crippen molar-refractivity contribution in [2.45, 2.75) is 26.2 Å². The molecule has 2 N–H and O–H groups in total. The number of rotatable bonds is 5. The fourth-order valence-electron chi connectivity index (χ4n) is 2.32. The highest BCUT2D eigenvalue weighted by Gasteiger charge is 2.31. The van der Waals surface area contributed by atoms with Gasteiger partial charge < -0.3 is 10.4 Å². The number of carbonyl (C=O) groups excluding carboxylic acids is 1. The van der Waals surface area contributed by atoms with E-state index in [9.17, 15) is 14.0 Å². The normalized spacial score (nSPS) is 16.5. The molecule has 112 valence electrons. The first kappa shape index (κ1) is 15.2. The zero-order valence-corrected chi connectivity index (χ0v) is 11.9. The highest BCUT2D eigenvalue weighted by atomic mass is 19.1. The molecule has 1 fully saturated rings. The number of carboxylic acids is 1. The molecule has 0 bridgehead atoms. The minimum absolute atomic E-state index is 0.139. The zero-order valence-electron chi connectivity index (χ0n) is 11.9. The average Bonchev–Trinajstić information content (AvgIpc) is 2.41. The van der Waals surface area contributed by atoms with Crippen molar-refractivity contribution in [1.29, 1.82) is 0 Å². The fourth-order valence-corrected chi connectivity index (χ4v) is 2.32. The molecule has 0 unspecified atom stereocenters. The maximum atomic E-state index is 13.8. The molecule has 4 nitrogen and oxygen atoms in total. The second-order valence-corrected chi connectivity index (χ2v) is 5.75. The van der Waals surface area contributed by atoms with Gasteiger partial charge in [0.05, 0.1) is 0 Å². The number of halogens is 1. The summed E-state index contributed by atoms with van der Waals surface area (Å²) in [7, 11) is 0. The highest BCUT2D eigenvalue weighted by Crippen LogP contribution is 2.39. The number of amides is 1. The van der Waals surface area contributed by atoms with Crippen molar-refractivity contribution in [2.75, 3.05) is 6.54 Å². The maximum absolute atomic E-state index is 13.8. The van der Waals surface area contributed by atoms with Gasteiger partial charge in [0.2, 0.25) is 0 Å². The van der Waals surface area contributed by atoms with Crippen LogP contribution in [-0.2, 0) is 4.79 Å². The number of hydrogen-bond donors (Lipinski definition) is 2. The van der Waals surface area contributed by atoms with Crippen molar-refractivity contribution in [2.24, 2.45) is 5.41 Å². The van der Waals surface area contributed by atoms with Gasteiger partial charge in [-0.25, -0.2) is 9.18 Å². The first-order chi connectivity index (χ1) is 9.89. The molecule has 0 aromatic heterocycles. The molecule has 0 aliphatic heterocycles. The first-order valence-corrected chi connectivity index (χ1v) is 6.88. The van der Waals surface area contributed by atoms with E-state index in [1.807, 2.05) is 0 Å². The summed E-state index contributed by atoms with van der Waals surface area (Å²) in [5.74, 6) is -2.07. The minimum atomic E-state index is -1.15. The van der Waals surface area contributed by atoms with E-state index in [2.05, 4.69) is 12.2 Å². The lowest BCUT2D eigenvalue weighted by Gasteiger charge is -2.38. The van der Waals surface area contributed by atoms with Crippen molar-refractivity contribution in [3.05, 3.63) is 41.2 Å². The third kappa shape index (κ3) is 3.90. The van der Waals surface area contributed by atoms with E-state index in [1.54, 1.807) is 0 Å². The lowest BCUT2D eigenvalue weighted by atomic mass is 9.70. The summed E-state index contributed by atoms with van der Waals surface area (Å²) in [5, 5.41) is 11.3. The number of benzene rings is 1. The number of hydrogen-bond acceptors (Lipinski definition) is 2. The van der Waals surface area contributed by atoms with E-state index < -0.39 is 11.8 Å². The molecule has 21 heavy (non-hydrogen) atoms. The largest absolute Gasteiger partial charge is 0.478 e. The Balaban J connectivity index is 2.01. The molecule has 2 rings (SSSR count). The minimum Gasteiger partial charge on any atom is -0.478 e. The molecule has 1 aromatic carbocycles. The predicted octanol–water partition coefficient (Wildman–Crippen LogP) is 2.84. The van der Waals surface area contributed by atoms with Crippen LogP contribution in [0.15, 0.2) is 24.3 Å². The predicted molar refractivity (Wildman–Crippen MR) is 77.4 cm³/mol. The molecule has 1 aliphatic rings. The molecular formula is C16H18FNO3. The molecule has 1 amide bonds. The second kappa shape index (κ2) is 6.08. The second-order valence-electron chi connectivity index (χ2n) is 5.75. The van der Waals surface area contributed by atoms with Crippen LogP contribution in [0.4, 0.5) is 4.39 Å². The Morgan fingerprint density at radius 3 is 2.67 bits per heavy atom. The van der Waals surface area contributed by atoms with Crippen LogP contribution in [0, 0.1) is 11.2 Å². The summed E-state index contributed by atoms with van der Waals surface area (Å²) in [6, 6.07) is 4.01. The summed E-state index contributed by atoms with van der Waals surface area (Å²) in [6.07, 6.45) is 5.40. The van der Waals surface area contributed by atoms with Gasteiger partial charge in [0.1, 0.15) is 5.82 Å². The van der Waals surface area contributed by atoms with Crippen LogP contribution in [0.2, 0.25) is 0 Å². The van der Waals surface area contributed by atoms with Crippen LogP contribution >= 0.6 is 0 Å². The van der Waals surface area contributed by atoms with Gasteiger partial charge in [-0.1, -0.05) is 19.4 Å². The van der Waals surface area contributed by atoms with E-state index in [0.717, 1.165) is 31.1 Å². The van der Waals surface area contributed by atoms with Crippen LogP contribution in [-0.4, -0.2) is 23.5 Å². The monoisotopic (exact) mass is 291 g/mol. The third-order valence-corrected chi connectivity index (χ3v) is 3.90. The standard InChI is InChI=1S/C16H18FNO3/c1-16(7-2-8-16)10-18-15(21)12-4-3-11(13(17)9-12)5-6-14(19)20/h3-6,9H,2,7-8,10H2,1H3,(H,18,21)(H,19,20)/b6-5+. The van der Waals surface area contributed by atoms with E-state index in [1.165, 1.54) is 18.6 Å². The summed E-state index contributed by atoms with van der Waals surface area (Å²) in [4.78, 5) is 22.4. The quantitative estimate of drug-likeness (QED) is 0.820. The van der Waals surface area contributed by atoms with Crippen LogP contribution in [0.3, 0.4) is 0 Å². The SMILES string of the molecule is CC1(CNC(=O)c2ccc(/C=C/C(=O)O)c(F)c2)CCC1. The van der Waals surface area contributed by atoms with Gasteiger partial charge in [-0.2, -0.15) is 0 Å². The van der Waals surface area contributed by atoms with Gasteiger partial charge in [0.15, 0.2) is 0 Å². The summed E-state index contributed by atoms with van der Waals surface area (Å²) < 4.78 is 13.8. The highest BCUT2D eigenvalue weighted by molar-refractivity contribution is 5.94. The number of carboxylic acid groups (broad SMARTS) is 1. The summed E-state index contributed by atoms with van der Waals surface area (Å²) in [6.45, 7) is 2.71. The van der Waals surface area contributed by atoms with E-state index in [4.69, 9.17) is 5.11 Å². The Kier molecular flexibility index (Phi) is 4.40. The van der Waals surface area contributed by atoms with Crippen LogP contribution in [0.1, 0.15) is 42.1 Å². The van der Waals surface area contributed by atoms with E-state index in [-0.39, 0.29) is 22.4 Å². The van der Waals surface area contributed by atoms with Gasteiger partial charge in [0.25, 0.3) is 5.91 Å². The molecular weight excluding hydrogens is 273 g/mol. The summed E-state index contributed by atoms with van der Waals surface area (Å²) >= 11 is 0. The number of nitrogens with one attached hydrogen (secondary N) is 1. The topological polar surface area (TPSA) is 66.4 Å². The van der Waals surface area contributed by atoms with Crippen molar-refractivity contribution >= 4 is 18.0 Å². The van der Waals surface area contributed by atoms with Crippen molar-refractivity contribution < 1.29 is 19.1 Å². The smallest absolute Gasteiger partial charge is 0.328 e. The molecule has 0 atom stereocenters. The van der Waals surface area contributed by atoms with Gasteiger partial charge in [0, 0.05) is 23.7 Å². The van der Waals surface area contributed by atoms with Crippen LogP contribution in [0.5, 0.6) is 0 Å². The Morgan fingerprint density at radius 1 is 1.43 bits per heavy atom. The zero-order chi connectivity index (χ0) is 15.5. The molecule has 1 saturated carbocycles. The van der Waals surface area contributed by atoms with Gasteiger partial charge in [-0.05, 0) is 36.5 Å². The van der Waals surface area contributed by atoms with E-state index >= 15 is 0 Å². The van der Waals surface area contributed by atoms with Crippen molar-refractivity contribution in [3.63, 3.8) is 0 Å². The Morgan fingerprint density at radius 2 is 2.14 bits per heavy atom. The lowest BCUT2D eigenvalue weighted by Crippen LogP contribution is -2.39.